The molecule has 2 atom stereocenters. The number of nitrogens with zero attached hydrogens (tertiary/aromatic N) is 8. The number of amides is 3. The predicted octanol–water partition coefficient (Wildman–Crippen LogP) is 2.21. The summed E-state index contributed by atoms with van der Waals surface area (Å²) in [5.41, 5.74) is 2.62. The van der Waals surface area contributed by atoms with Crippen molar-refractivity contribution >= 4 is 23.5 Å². The Bertz CT molecular complexity index is 1710. The van der Waals surface area contributed by atoms with Crippen LogP contribution in [0.4, 0.5) is 5.82 Å². The van der Waals surface area contributed by atoms with Crippen LogP contribution in [0.1, 0.15) is 23.2 Å². The van der Waals surface area contributed by atoms with Crippen LogP contribution in [-0.2, 0) is 33.8 Å². The number of aromatic nitrogens is 1. The molecule has 0 spiro atoms. The van der Waals surface area contributed by atoms with Gasteiger partial charge in [-0.2, -0.15) is 0 Å². The van der Waals surface area contributed by atoms with E-state index in [1.54, 1.807) is 50.2 Å². The van der Waals surface area contributed by atoms with E-state index in [-0.39, 0.29) is 55.9 Å². The van der Waals surface area contributed by atoms with Gasteiger partial charge in [0.25, 0.3) is 0 Å². The highest BCUT2D eigenvalue weighted by atomic mass is 16.3. The van der Waals surface area contributed by atoms with Crippen molar-refractivity contribution in [3.63, 3.8) is 0 Å². The van der Waals surface area contributed by atoms with E-state index in [4.69, 9.17) is 4.98 Å². The zero-order valence-electron chi connectivity index (χ0n) is 29.4. The van der Waals surface area contributed by atoms with Gasteiger partial charge in [-0.1, -0.05) is 54.6 Å². The van der Waals surface area contributed by atoms with Crippen LogP contribution in [0.3, 0.4) is 0 Å². The van der Waals surface area contributed by atoms with Gasteiger partial charge in [0.15, 0.2) is 0 Å². The maximum Gasteiger partial charge on any atom is 0.246 e. The SMILES string of the molecule is C=CCN1CC(=O)N2C(CN(Cc3cccc(N4CC(N5CCN(C)CC5)C4)n3)C(=O)[C@@H]2Cc2ccc(O)cc2)N1C(=O)CCc1ccccc1. The summed E-state index contributed by atoms with van der Waals surface area (Å²) < 4.78 is 0. The molecule has 3 amide bonds. The lowest BCUT2D eigenvalue weighted by Gasteiger charge is -2.55. The lowest BCUT2D eigenvalue weighted by Crippen LogP contribution is -2.75. The monoisotopic (exact) mass is 692 g/mol. The molecule has 0 aliphatic carbocycles. The van der Waals surface area contributed by atoms with E-state index in [0.29, 0.717) is 19.0 Å². The van der Waals surface area contributed by atoms with Gasteiger partial charge in [0.05, 0.1) is 25.3 Å². The molecule has 3 aromatic rings. The number of hydrazine groups is 1. The Kier molecular flexibility index (Phi) is 10.3. The molecule has 268 valence electrons. The summed E-state index contributed by atoms with van der Waals surface area (Å²) in [6.07, 6.45) is 2.06. The lowest BCUT2D eigenvalue weighted by atomic mass is 9.98. The van der Waals surface area contributed by atoms with Crippen LogP contribution in [0.2, 0.25) is 0 Å². The first kappa shape index (κ1) is 34.7. The normalized spacial score (nSPS) is 22.2. The van der Waals surface area contributed by atoms with Gasteiger partial charge in [-0.05, 0) is 48.9 Å². The summed E-state index contributed by atoms with van der Waals surface area (Å²) in [7, 11) is 2.17. The zero-order chi connectivity index (χ0) is 35.5. The molecule has 1 aromatic heterocycles. The highest BCUT2D eigenvalue weighted by Gasteiger charge is 2.51. The highest BCUT2D eigenvalue weighted by Crippen LogP contribution is 2.31. The van der Waals surface area contributed by atoms with Crippen LogP contribution in [0.25, 0.3) is 0 Å². The van der Waals surface area contributed by atoms with Crippen LogP contribution in [-0.4, -0.2) is 142 Å². The van der Waals surface area contributed by atoms with Crippen LogP contribution in [0.5, 0.6) is 5.75 Å². The smallest absolute Gasteiger partial charge is 0.246 e. The Labute approximate surface area is 300 Å². The van der Waals surface area contributed by atoms with Crippen molar-refractivity contribution in [2.24, 2.45) is 0 Å². The molecule has 1 N–H and O–H groups in total. The number of carbonyl (C=O) groups excluding carboxylic acids is 3. The largest absolute Gasteiger partial charge is 0.508 e. The number of rotatable bonds is 11. The topological polar surface area (TPSA) is 107 Å². The number of aromatic hydroxyl groups is 1. The molecule has 7 rings (SSSR count). The Balaban J connectivity index is 1.13. The number of likely N-dealkylation sites (N-methyl/N-ethyl adjacent to an activating group) is 1. The maximum atomic E-state index is 14.4. The molecule has 51 heavy (non-hydrogen) atoms. The van der Waals surface area contributed by atoms with Gasteiger partial charge in [-0.15, -0.1) is 6.58 Å². The van der Waals surface area contributed by atoms with Crippen molar-refractivity contribution < 1.29 is 19.5 Å². The molecule has 5 heterocycles. The summed E-state index contributed by atoms with van der Waals surface area (Å²) in [5.74, 6) is 0.507. The maximum absolute atomic E-state index is 14.4. The molecule has 4 fully saturated rings. The van der Waals surface area contributed by atoms with Crippen LogP contribution in [0.15, 0.2) is 85.5 Å². The van der Waals surface area contributed by atoms with Gasteiger partial charge < -0.3 is 24.7 Å². The minimum atomic E-state index is -0.834. The van der Waals surface area contributed by atoms with Gasteiger partial charge in [-0.3, -0.25) is 19.3 Å². The van der Waals surface area contributed by atoms with Crippen LogP contribution < -0.4 is 4.90 Å². The quantitative estimate of drug-likeness (QED) is 0.303. The summed E-state index contributed by atoms with van der Waals surface area (Å²) in [5, 5.41) is 13.4. The van der Waals surface area contributed by atoms with Gasteiger partial charge in [0, 0.05) is 64.7 Å². The molecule has 1 unspecified atom stereocenters. The number of piperazine rings is 2. The fourth-order valence-corrected chi connectivity index (χ4v) is 7.76. The molecule has 2 aromatic carbocycles. The minimum Gasteiger partial charge on any atom is -0.508 e. The van der Waals surface area contributed by atoms with E-state index in [9.17, 15) is 19.5 Å². The minimum absolute atomic E-state index is 0.0342. The molecule has 12 nitrogen and oxygen atoms in total. The number of phenols is 1. The zero-order valence-corrected chi connectivity index (χ0v) is 29.4. The second-order valence-electron chi connectivity index (χ2n) is 14.1. The number of pyridine rings is 1. The van der Waals surface area contributed by atoms with Crippen molar-refractivity contribution in [1.29, 1.82) is 0 Å². The molecule has 0 radical (unpaired) electrons. The molecule has 12 heteroatoms. The predicted molar refractivity (Wildman–Crippen MR) is 194 cm³/mol. The first-order valence-corrected chi connectivity index (χ1v) is 18.0. The van der Waals surface area contributed by atoms with Crippen molar-refractivity contribution in [3.8, 4) is 5.75 Å². The number of hydrogen-bond donors (Lipinski definition) is 1. The van der Waals surface area contributed by atoms with Gasteiger partial charge in [0.2, 0.25) is 17.7 Å². The summed E-state index contributed by atoms with van der Waals surface area (Å²) in [6.45, 7) is 10.8. The fraction of sp³-hybridized carbons (Fsp3) is 0.436. The van der Waals surface area contributed by atoms with E-state index in [1.807, 2.05) is 48.5 Å². The number of anilines is 1. The summed E-state index contributed by atoms with van der Waals surface area (Å²) in [4.78, 5) is 58.1. The number of carbonyl (C=O) groups is 3. The van der Waals surface area contributed by atoms with Gasteiger partial charge in [-0.25, -0.2) is 15.0 Å². The molecule has 4 saturated heterocycles. The van der Waals surface area contributed by atoms with Crippen molar-refractivity contribution in [3.05, 3.63) is 102 Å². The number of phenolic OH excluding ortho intramolecular Hbond substituents is 1. The molecular formula is C39H48N8O4. The van der Waals surface area contributed by atoms with Gasteiger partial charge >= 0.3 is 0 Å². The van der Waals surface area contributed by atoms with Crippen molar-refractivity contribution in [1.82, 2.24) is 34.6 Å². The van der Waals surface area contributed by atoms with E-state index in [0.717, 1.165) is 61.9 Å². The fourth-order valence-electron chi connectivity index (χ4n) is 7.76. The molecule has 4 aliphatic heterocycles. The Morgan fingerprint density at radius 3 is 2.39 bits per heavy atom. The van der Waals surface area contributed by atoms with Crippen molar-refractivity contribution in [2.45, 2.75) is 44.1 Å². The Morgan fingerprint density at radius 1 is 0.922 bits per heavy atom. The number of benzene rings is 2. The third-order valence-electron chi connectivity index (χ3n) is 10.6. The van der Waals surface area contributed by atoms with E-state index < -0.39 is 12.2 Å². The summed E-state index contributed by atoms with van der Waals surface area (Å²) in [6, 6.07) is 22.2. The Morgan fingerprint density at radius 2 is 1.67 bits per heavy atom. The molecule has 0 bridgehead atoms. The Hall–Kier alpha value is -4.78. The third kappa shape index (κ3) is 7.63. The first-order chi connectivity index (χ1) is 24.8. The van der Waals surface area contributed by atoms with Crippen LogP contribution >= 0.6 is 0 Å². The number of aryl methyl sites for hydroxylation is 1. The highest BCUT2D eigenvalue weighted by molar-refractivity contribution is 5.92. The molecular weight excluding hydrogens is 644 g/mol. The van der Waals surface area contributed by atoms with Crippen LogP contribution in [0, 0.1) is 0 Å². The second kappa shape index (κ2) is 15.2. The molecule has 0 saturated carbocycles. The average molecular weight is 693 g/mol. The average Bonchev–Trinajstić information content (AvgIpc) is 3.11. The van der Waals surface area contributed by atoms with Gasteiger partial charge in [0.1, 0.15) is 23.8 Å². The van der Waals surface area contributed by atoms with E-state index >= 15 is 0 Å². The number of fused-ring (bicyclic) bond motifs is 1. The van der Waals surface area contributed by atoms with E-state index in [1.165, 1.54) is 0 Å². The summed E-state index contributed by atoms with van der Waals surface area (Å²) >= 11 is 0. The lowest BCUT2D eigenvalue weighted by molar-refractivity contribution is -0.205. The number of hydrogen-bond acceptors (Lipinski definition) is 9. The third-order valence-corrected chi connectivity index (χ3v) is 10.6. The van der Waals surface area contributed by atoms with Crippen molar-refractivity contribution in [2.75, 3.05) is 70.9 Å². The standard InChI is InChI=1S/C39H48N8O4/c1-3-18-45-28-38(50)46-34(23-30-12-15-33(48)16-13-30)39(51)44(27-36(46)47(45)37(49)17-14-29-8-5-4-6-9-29)24-31-10-7-11-35(40-31)43-25-32(26-43)42-21-19-41(2)20-22-42/h3-13,15-16,32,34,36,48H,1,14,17-28H2,2H3/t34-,36?/m0/s1. The first-order valence-electron chi connectivity index (χ1n) is 18.0. The second-order valence-corrected chi connectivity index (χ2v) is 14.1. The molecule has 4 aliphatic rings. The van der Waals surface area contributed by atoms with E-state index in [2.05, 4.69) is 28.3 Å².